The maximum Gasteiger partial charge on any atom is 0.331 e. The first-order valence-electron chi connectivity index (χ1n) is 8.78. The SMILES string of the molecule is CCCOc1cc(=O)[nH]c(=O)n1Cc1ccc(-c2ccccc2C#N)cc1F. The number of halogens is 1. The number of aromatic nitrogens is 2. The van der Waals surface area contributed by atoms with Crippen LogP contribution in [0.1, 0.15) is 24.5 Å². The first-order chi connectivity index (χ1) is 13.5. The van der Waals surface area contributed by atoms with E-state index in [0.717, 1.165) is 0 Å². The van der Waals surface area contributed by atoms with Gasteiger partial charge in [0.05, 0.1) is 30.9 Å². The molecule has 0 aliphatic rings. The molecule has 2 aromatic carbocycles. The Morgan fingerprint density at radius 3 is 2.68 bits per heavy atom. The molecule has 0 unspecified atom stereocenters. The number of aromatic amines is 1. The quantitative estimate of drug-likeness (QED) is 0.713. The predicted octanol–water partition coefficient (Wildman–Crippen LogP) is 3.05. The van der Waals surface area contributed by atoms with E-state index in [1.807, 2.05) is 6.92 Å². The lowest BCUT2D eigenvalue weighted by Gasteiger charge is -2.14. The lowest BCUT2D eigenvalue weighted by Crippen LogP contribution is -2.31. The van der Waals surface area contributed by atoms with Crippen LogP contribution in [0.15, 0.2) is 58.1 Å². The van der Waals surface area contributed by atoms with Crippen LogP contribution in [0.2, 0.25) is 0 Å². The maximum absolute atomic E-state index is 14.7. The van der Waals surface area contributed by atoms with Crippen LogP contribution in [0.25, 0.3) is 11.1 Å². The first-order valence-corrected chi connectivity index (χ1v) is 8.78. The minimum absolute atomic E-state index is 0.0916. The van der Waals surface area contributed by atoms with E-state index in [9.17, 15) is 19.2 Å². The lowest BCUT2D eigenvalue weighted by molar-refractivity contribution is 0.285. The monoisotopic (exact) mass is 379 g/mol. The molecule has 0 saturated carbocycles. The fraction of sp³-hybridized carbons (Fsp3) is 0.190. The van der Waals surface area contributed by atoms with E-state index in [4.69, 9.17) is 4.74 Å². The van der Waals surface area contributed by atoms with Crippen molar-refractivity contribution in [1.82, 2.24) is 9.55 Å². The highest BCUT2D eigenvalue weighted by atomic mass is 19.1. The van der Waals surface area contributed by atoms with Gasteiger partial charge in [-0.25, -0.2) is 9.18 Å². The fourth-order valence-electron chi connectivity index (χ4n) is 2.82. The highest BCUT2D eigenvalue weighted by molar-refractivity contribution is 5.70. The Morgan fingerprint density at radius 2 is 1.96 bits per heavy atom. The Labute approximate surface area is 160 Å². The van der Waals surface area contributed by atoms with Crippen LogP contribution in [0.3, 0.4) is 0 Å². The molecule has 0 saturated heterocycles. The largest absolute Gasteiger partial charge is 0.479 e. The summed E-state index contributed by atoms with van der Waals surface area (Å²) < 4.78 is 21.4. The molecule has 0 spiro atoms. The molecule has 6 nitrogen and oxygen atoms in total. The van der Waals surface area contributed by atoms with Crippen molar-refractivity contribution in [1.29, 1.82) is 5.26 Å². The Bertz CT molecular complexity index is 1160. The molecule has 0 fully saturated rings. The topological polar surface area (TPSA) is 87.9 Å². The molecule has 1 heterocycles. The van der Waals surface area contributed by atoms with Crippen LogP contribution in [-0.4, -0.2) is 16.2 Å². The average molecular weight is 379 g/mol. The third kappa shape index (κ3) is 4.01. The maximum atomic E-state index is 14.7. The number of nitrogens with zero attached hydrogens (tertiary/aromatic N) is 2. The molecule has 7 heteroatoms. The average Bonchev–Trinajstić information content (AvgIpc) is 2.69. The number of benzene rings is 2. The minimum atomic E-state index is -0.670. The van der Waals surface area contributed by atoms with Crippen molar-refractivity contribution in [3.05, 3.63) is 86.3 Å². The molecule has 3 rings (SSSR count). The molecule has 0 bridgehead atoms. The summed E-state index contributed by atoms with van der Waals surface area (Å²) in [7, 11) is 0. The minimum Gasteiger partial charge on any atom is -0.479 e. The van der Waals surface area contributed by atoms with E-state index in [1.54, 1.807) is 36.4 Å². The number of H-pyrrole nitrogens is 1. The number of nitriles is 1. The molecule has 0 radical (unpaired) electrons. The number of hydrogen-bond donors (Lipinski definition) is 1. The summed E-state index contributed by atoms with van der Waals surface area (Å²) in [5.41, 5.74) is 0.655. The van der Waals surface area contributed by atoms with Crippen LogP contribution in [-0.2, 0) is 6.54 Å². The van der Waals surface area contributed by atoms with Gasteiger partial charge in [0.2, 0.25) is 5.88 Å². The number of ether oxygens (including phenoxy) is 1. The molecule has 0 aliphatic heterocycles. The second-order valence-corrected chi connectivity index (χ2v) is 6.18. The zero-order valence-electron chi connectivity index (χ0n) is 15.2. The van der Waals surface area contributed by atoms with Crippen LogP contribution >= 0.6 is 0 Å². The summed E-state index contributed by atoms with van der Waals surface area (Å²) in [4.78, 5) is 25.9. The molecule has 1 N–H and O–H groups in total. The molecule has 28 heavy (non-hydrogen) atoms. The zero-order chi connectivity index (χ0) is 20.1. The van der Waals surface area contributed by atoms with Crippen molar-refractivity contribution >= 4 is 0 Å². The van der Waals surface area contributed by atoms with Gasteiger partial charge in [-0.15, -0.1) is 0 Å². The lowest BCUT2D eigenvalue weighted by atomic mass is 9.99. The van der Waals surface area contributed by atoms with Crippen molar-refractivity contribution in [3.63, 3.8) is 0 Å². The number of nitrogens with one attached hydrogen (secondary N) is 1. The number of rotatable bonds is 6. The van der Waals surface area contributed by atoms with Gasteiger partial charge >= 0.3 is 5.69 Å². The Hall–Kier alpha value is -3.66. The van der Waals surface area contributed by atoms with E-state index in [1.165, 1.54) is 16.7 Å². The van der Waals surface area contributed by atoms with E-state index in [2.05, 4.69) is 11.1 Å². The van der Waals surface area contributed by atoms with Crippen LogP contribution < -0.4 is 16.0 Å². The van der Waals surface area contributed by atoms with Crippen LogP contribution in [0.4, 0.5) is 4.39 Å². The summed E-state index contributed by atoms with van der Waals surface area (Å²) in [5.74, 6) is -0.432. The standard InChI is InChI=1S/C21H18FN3O3/c1-2-9-28-20-11-19(26)24-21(27)25(20)13-16-8-7-14(10-18(16)22)17-6-4-3-5-15(17)12-23/h3-8,10-11H,2,9,13H2,1H3,(H,24,26,27). The van der Waals surface area contributed by atoms with Gasteiger partial charge in [0, 0.05) is 5.56 Å². The van der Waals surface area contributed by atoms with Gasteiger partial charge in [-0.3, -0.25) is 14.3 Å². The third-order valence-electron chi connectivity index (χ3n) is 4.19. The molecule has 0 aliphatic carbocycles. The number of hydrogen-bond acceptors (Lipinski definition) is 4. The van der Waals surface area contributed by atoms with Gasteiger partial charge in [-0.05, 0) is 29.7 Å². The van der Waals surface area contributed by atoms with E-state index in [0.29, 0.717) is 29.7 Å². The van der Waals surface area contributed by atoms with Crippen LogP contribution in [0, 0.1) is 17.1 Å². The van der Waals surface area contributed by atoms with Crippen molar-refractivity contribution in [2.45, 2.75) is 19.9 Å². The Morgan fingerprint density at radius 1 is 1.18 bits per heavy atom. The molecule has 142 valence electrons. The highest BCUT2D eigenvalue weighted by Crippen LogP contribution is 2.25. The van der Waals surface area contributed by atoms with Crippen molar-refractivity contribution in [2.24, 2.45) is 0 Å². The fourth-order valence-corrected chi connectivity index (χ4v) is 2.82. The second-order valence-electron chi connectivity index (χ2n) is 6.18. The summed E-state index contributed by atoms with van der Waals surface area (Å²) in [6, 6.07) is 14.8. The Kier molecular flexibility index (Phi) is 5.70. The van der Waals surface area contributed by atoms with Crippen molar-refractivity contribution < 1.29 is 9.13 Å². The summed E-state index contributed by atoms with van der Waals surface area (Å²) in [5, 5.41) is 9.23. The molecule has 0 atom stereocenters. The van der Waals surface area contributed by atoms with E-state index < -0.39 is 17.1 Å². The van der Waals surface area contributed by atoms with Gasteiger partial charge in [-0.2, -0.15) is 5.26 Å². The van der Waals surface area contributed by atoms with Gasteiger partial charge in [0.15, 0.2) is 0 Å². The summed E-state index contributed by atoms with van der Waals surface area (Å²) in [6.45, 7) is 2.13. The molecule has 1 aromatic heterocycles. The van der Waals surface area contributed by atoms with E-state index >= 15 is 0 Å². The molecular weight excluding hydrogens is 361 g/mol. The van der Waals surface area contributed by atoms with Gasteiger partial charge in [-0.1, -0.05) is 37.3 Å². The zero-order valence-corrected chi connectivity index (χ0v) is 15.2. The normalized spacial score (nSPS) is 10.5. The van der Waals surface area contributed by atoms with Crippen molar-refractivity contribution in [3.8, 4) is 23.1 Å². The third-order valence-corrected chi connectivity index (χ3v) is 4.19. The summed E-state index contributed by atoms with van der Waals surface area (Å²) in [6.07, 6.45) is 0.697. The molecule has 0 amide bonds. The van der Waals surface area contributed by atoms with E-state index in [-0.39, 0.29) is 18.0 Å². The smallest absolute Gasteiger partial charge is 0.331 e. The summed E-state index contributed by atoms with van der Waals surface area (Å²) >= 11 is 0. The van der Waals surface area contributed by atoms with Gasteiger partial charge in [0.25, 0.3) is 5.56 Å². The Balaban J connectivity index is 1.98. The first kappa shape index (κ1) is 19.1. The van der Waals surface area contributed by atoms with Crippen LogP contribution in [0.5, 0.6) is 5.88 Å². The van der Waals surface area contributed by atoms with Gasteiger partial charge < -0.3 is 4.74 Å². The molecule has 3 aromatic rings. The second kappa shape index (κ2) is 8.35. The molecular formula is C21H18FN3O3. The highest BCUT2D eigenvalue weighted by Gasteiger charge is 2.13. The van der Waals surface area contributed by atoms with Gasteiger partial charge in [0.1, 0.15) is 5.82 Å². The van der Waals surface area contributed by atoms with Crippen molar-refractivity contribution in [2.75, 3.05) is 6.61 Å². The predicted molar refractivity (Wildman–Crippen MR) is 103 cm³/mol.